The number of anilines is 1. The second-order valence-corrected chi connectivity index (χ2v) is 8.56. The van der Waals surface area contributed by atoms with E-state index in [2.05, 4.69) is 24.0 Å². The van der Waals surface area contributed by atoms with Gasteiger partial charge in [-0.25, -0.2) is 9.97 Å². The zero-order valence-corrected chi connectivity index (χ0v) is 19.5. The lowest BCUT2D eigenvalue weighted by atomic mass is 10.1. The third kappa shape index (κ3) is 4.45. The maximum Gasteiger partial charge on any atom is 0.260 e. The molecule has 0 atom stereocenters. The van der Waals surface area contributed by atoms with E-state index in [-0.39, 0.29) is 5.91 Å². The highest BCUT2D eigenvalue weighted by Gasteiger charge is 2.23. The first kappa shape index (κ1) is 21.8. The molecule has 0 aliphatic rings. The number of carbonyl (C=O) groups is 1. The highest BCUT2D eigenvalue weighted by atomic mass is 32.1. The minimum atomic E-state index is -0.137. The highest BCUT2D eigenvalue weighted by Crippen LogP contribution is 2.34. The van der Waals surface area contributed by atoms with Crippen LogP contribution in [0.4, 0.5) is 5.13 Å². The van der Waals surface area contributed by atoms with Gasteiger partial charge >= 0.3 is 0 Å². The van der Waals surface area contributed by atoms with Crippen molar-refractivity contribution in [3.8, 4) is 11.5 Å². The summed E-state index contributed by atoms with van der Waals surface area (Å²) in [5.41, 5.74) is 3.70. The van der Waals surface area contributed by atoms with E-state index in [1.54, 1.807) is 61.2 Å². The lowest BCUT2D eigenvalue weighted by Crippen LogP contribution is -2.32. The van der Waals surface area contributed by atoms with Crippen LogP contribution in [0, 0.1) is 13.8 Å². The number of carbonyl (C=O) groups excluding carboxylic acids is 1. The first-order valence-electron chi connectivity index (χ1n) is 10.4. The molecule has 2 aromatic heterocycles. The number of thiazole rings is 1. The van der Waals surface area contributed by atoms with Crippen molar-refractivity contribution in [2.75, 3.05) is 25.7 Å². The predicted molar refractivity (Wildman–Crippen MR) is 127 cm³/mol. The Morgan fingerprint density at radius 3 is 2.44 bits per heavy atom. The summed E-state index contributed by atoms with van der Waals surface area (Å²) in [6.07, 6.45) is 6.22. The molecule has 32 heavy (non-hydrogen) atoms. The van der Waals surface area contributed by atoms with E-state index in [9.17, 15) is 4.79 Å². The van der Waals surface area contributed by atoms with Gasteiger partial charge < -0.3 is 14.0 Å². The summed E-state index contributed by atoms with van der Waals surface area (Å²) in [6, 6.07) is 9.39. The van der Waals surface area contributed by atoms with Crippen LogP contribution in [-0.4, -0.2) is 41.2 Å². The molecule has 4 aromatic rings. The van der Waals surface area contributed by atoms with Crippen molar-refractivity contribution in [1.29, 1.82) is 0 Å². The van der Waals surface area contributed by atoms with E-state index < -0.39 is 0 Å². The van der Waals surface area contributed by atoms with Gasteiger partial charge in [-0.1, -0.05) is 23.5 Å². The fourth-order valence-electron chi connectivity index (χ4n) is 3.56. The number of fused-ring (bicyclic) bond motifs is 1. The van der Waals surface area contributed by atoms with E-state index in [0.29, 0.717) is 28.7 Å². The Bertz CT molecular complexity index is 1170. The highest BCUT2D eigenvalue weighted by molar-refractivity contribution is 7.22. The first-order chi connectivity index (χ1) is 15.5. The molecule has 0 bridgehead atoms. The molecule has 166 valence electrons. The van der Waals surface area contributed by atoms with Gasteiger partial charge in [0.15, 0.2) is 5.13 Å². The zero-order valence-electron chi connectivity index (χ0n) is 18.7. The first-order valence-corrected chi connectivity index (χ1v) is 11.2. The van der Waals surface area contributed by atoms with E-state index in [1.807, 2.05) is 17.7 Å². The van der Waals surface area contributed by atoms with E-state index >= 15 is 0 Å². The Morgan fingerprint density at radius 2 is 1.81 bits per heavy atom. The third-order valence-corrected chi connectivity index (χ3v) is 6.58. The molecule has 0 radical (unpaired) electrons. The Morgan fingerprint density at radius 1 is 1.09 bits per heavy atom. The molecule has 1 amide bonds. The van der Waals surface area contributed by atoms with Gasteiger partial charge in [0.25, 0.3) is 5.91 Å². The summed E-state index contributed by atoms with van der Waals surface area (Å²) in [5, 5.41) is 0.690. The van der Waals surface area contributed by atoms with Crippen LogP contribution < -0.4 is 14.4 Å². The molecule has 4 rings (SSSR count). The SMILES string of the molecule is COc1cc(OC)cc(C(=O)N(CCCn2ccnc2)c2nc3c(C)ccc(C)c3s2)c1. The molecule has 0 aliphatic carbocycles. The maximum atomic E-state index is 13.7. The number of aromatic nitrogens is 3. The molecule has 0 fully saturated rings. The molecule has 2 heterocycles. The Kier molecular flexibility index (Phi) is 6.41. The van der Waals surface area contributed by atoms with Gasteiger partial charge in [-0.05, 0) is 43.5 Å². The lowest BCUT2D eigenvalue weighted by Gasteiger charge is -2.21. The van der Waals surface area contributed by atoms with Crippen molar-refractivity contribution in [3.63, 3.8) is 0 Å². The molecule has 7 nitrogen and oxygen atoms in total. The normalized spacial score (nSPS) is 11.0. The number of methoxy groups -OCH3 is 2. The van der Waals surface area contributed by atoms with Crippen molar-refractivity contribution < 1.29 is 14.3 Å². The summed E-state index contributed by atoms with van der Waals surface area (Å²) >= 11 is 1.55. The molecule has 2 aromatic carbocycles. The number of imidazole rings is 1. The van der Waals surface area contributed by atoms with Gasteiger partial charge in [-0.3, -0.25) is 9.69 Å². The quantitative estimate of drug-likeness (QED) is 0.383. The second-order valence-electron chi connectivity index (χ2n) is 7.59. The summed E-state index contributed by atoms with van der Waals surface area (Å²) in [4.78, 5) is 24.4. The molecule has 0 saturated carbocycles. The molecule has 0 N–H and O–H groups in total. The lowest BCUT2D eigenvalue weighted by molar-refractivity contribution is 0.0985. The summed E-state index contributed by atoms with van der Waals surface area (Å²) in [6.45, 7) is 5.40. The molecule has 0 unspecified atom stereocenters. The van der Waals surface area contributed by atoms with Crippen molar-refractivity contribution in [2.45, 2.75) is 26.8 Å². The minimum Gasteiger partial charge on any atom is -0.497 e. The zero-order chi connectivity index (χ0) is 22.7. The smallest absolute Gasteiger partial charge is 0.260 e. The van der Waals surface area contributed by atoms with Crippen LogP contribution in [0.1, 0.15) is 27.9 Å². The van der Waals surface area contributed by atoms with E-state index in [4.69, 9.17) is 14.5 Å². The van der Waals surface area contributed by atoms with Crippen LogP contribution >= 0.6 is 11.3 Å². The Balaban J connectivity index is 1.71. The molecule has 8 heteroatoms. The summed E-state index contributed by atoms with van der Waals surface area (Å²) in [7, 11) is 3.15. The van der Waals surface area contributed by atoms with Crippen molar-refractivity contribution in [3.05, 3.63) is 65.7 Å². The number of hydrogen-bond donors (Lipinski definition) is 0. The number of nitrogens with zero attached hydrogens (tertiary/aromatic N) is 4. The predicted octanol–water partition coefficient (Wildman–Crippen LogP) is 4.86. The summed E-state index contributed by atoms with van der Waals surface area (Å²) < 4.78 is 13.8. The third-order valence-electron chi connectivity index (χ3n) is 5.36. The van der Waals surface area contributed by atoms with Gasteiger partial charge in [0.05, 0.1) is 30.8 Å². The van der Waals surface area contributed by atoms with Gasteiger partial charge in [0.1, 0.15) is 11.5 Å². The van der Waals surface area contributed by atoms with Crippen LogP contribution in [0.25, 0.3) is 10.2 Å². The second kappa shape index (κ2) is 9.40. The van der Waals surface area contributed by atoms with Crippen LogP contribution in [0.15, 0.2) is 49.1 Å². The average molecular weight is 451 g/mol. The van der Waals surface area contributed by atoms with Crippen LogP contribution in [0.2, 0.25) is 0 Å². The van der Waals surface area contributed by atoms with Crippen LogP contribution in [-0.2, 0) is 6.54 Å². The molecule has 0 spiro atoms. The van der Waals surface area contributed by atoms with Crippen LogP contribution in [0.5, 0.6) is 11.5 Å². The number of rotatable bonds is 8. The molecular weight excluding hydrogens is 424 g/mol. The van der Waals surface area contributed by atoms with Gasteiger partial charge in [-0.2, -0.15) is 0 Å². The Hall–Kier alpha value is -3.39. The van der Waals surface area contributed by atoms with Crippen LogP contribution in [0.3, 0.4) is 0 Å². The van der Waals surface area contributed by atoms with E-state index in [0.717, 1.165) is 34.3 Å². The number of benzene rings is 2. The minimum absolute atomic E-state index is 0.137. The van der Waals surface area contributed by atoms with E-state index in [1.165, 1.54) is 0 Å². The topological polar surface area (TPSA) is 69.5 Å². The standard InChI is InChI=1S/C24H26N4O3S/c1-16-6-7-17(2)22-21(16)26-24(32-22)28(10-5-9-27-11-8-25-15-27)23(29)18-12-19(30-3)14-20(13-18)31-4/h6-8,11-15H,5,9-10H2,1-4H3. The monoisotopic (exact) mass is 450 g/mol. The van der Waals surface area contributed by atoms with Crippen molar-refractivity contribution in [2.24, 2.45) is 0 Å². The average Bonchev–Trinajstić information content (AvgIpc) is 3.49. The maximum absolute atomic E-state index is 13.7. The number of ether oxygens (including phenoxy) is 2. The largest absolute Gasteiger partial charge is 0.497 e. The fourth-order valence-corrected chi connectivity index (χ4v) is 4.70. The summed E-state index contributed by atoms with van der Waals surface area (Å²) in [5.74, 6) is 1.01. The molecule has 0 saturated heterocycles. The van der Waals surface area contributed by atoms with Crippen molar-refractivity contribution >= 4 is 32.6 Å². The fraction of sp³-hybridized carbons (Fsp3) is 0.292. The number of aryl methyl sites for hydroxylation is 3. The van der Waals surface area contributed by atoms with Crippen molar-refractivity contribution in [1.82, 2.24) is 14.5 Å². The molecule has 0 aliphatic heterocycles. The van der Waals surface area contributed by atoms with Gasteiger partial charge in [-0.15, -0.1) is 0 Å². The van der Waals surface area contributed by atoms with Gasteiger partial charge in [0, 0.05) is 37.1 Å². The van der Waals surface area contributed by atoms with Gasteiger partial charge in [0.2, 0.25) is 0 Å². The Labute approximate surface area is 191 Å². The number of hydrogen-bond acceptors (Lipinski definition) is 6. The molecular formula is C24H26N4O3S. The number of amides is 1.